The molecule has 48 valence electrons. The van der Waals surface area contributed by atoms with Crippen molar-refractivity contribution in [3.05, 3.63) is 0 Å². The highest BCUT2D eigenvalue weighted by molar-refractivity contribution is 7.80. The van der Waals surface area contributed by atoms with E-state index >= 15 is 0 Å². The first kappa shape index (κ1) is 7.74. The van der Waals surface area contributed by atoms with Crippen molar-refractivity contribution < 1.29 is 18.7 Å². The van der Waals surface area contributed by atoms with Crippen molar-refractivity contribution in [1.29, 1.82) is 0 Å². The molecule has 0 aliphatic rings. The third-order valence-electron chi connectivity index (χ3n) is 0.539. The molecule has 5 heteroatoms. The summed E-state index contributed by atoms with van der Waals surface area (Å²) in [5.74, 6) is -0.703. The summed E-state index contributed by atoms with van der Waals surface area (Å²) in [6.07, 6.45) is 0. The fraction of sp³-hybridized carbons (Fsp3) is 0.667. The predicted molar refractivity (Wildman–Crippen MR) is 27.5 cm³/mol. The molecule has 0 aliphatic heterocycles. The molecule has 0 amide bonds. The van der Waals surface area contributed by atoms with Crippen molar-refractivity contribution in [3.63, 3.8) is 0 Å². The van der Waals surface area contributed by atoms with Gasteiger partial charge in [0.2, 0.25) is 5.44 Å². The number of hydrogen-bond donors (Lipinski definition) is 2. The first-order valence-corrected chi connectivity index (χ1v) is 3.01. The van der Waals surface area contributed by atoms with E-state index in [9.17, 15) is 9.00 Å². The van der Waals surface area contributed by atoms with E-state index in [4.69, 9.17) is 9.66 Å². The molecule has 2 N–H and O–H groups in total. The monoisotopic (exact) mass is 138 g/mol. The molecule has 0 aromatic rings. The van der Waals surface area contributed by atoms with Crippen LogP contribution < -0.4 is 0 Å². The Bertz CT molecular complexity index is 106. The summed E-state index contributed by atoms with van der Waals surface area (Å²) in [5, 5.41) is 8.30. The second-order valence-electron chi connectivity index (χ2n) is 1.24. The Kier molecular flexibility index (Phi) is 2.81. The number of aliphatic hydroxyl groups is 1. The van der Waals surface area contributed by atoms with Gasteiger partial charge in [-0.2, -0.15) is 0 Å². The lowest BCUT2D eigenvalue weighted by atomic mass is 10.5. The highest BCUT2D eigenvalue weighted by Crippen LogP contribution is 1.87. The van der Waals surface area contributed by atoms with Crippen LogP contribution in [0.3, 0.4) is 0 Å². The molecule has 8 heavy (non-hydrogen) atoms. The summed E-state index contributed by atoms with van der Waals surface area (Å²) in [6, 6.07) is 0. The molecule has 4 nitrogen and oxygen atoms in total. The fourth-order valence-electron chi connectivity index (χ4n) is 0.142. The average Bonchev–Trinajstić information content (AvgIpc) is 1.64. The van der Waals surface area contributed by atoms with E-state index in [-0.39, 0.29) is 0 Å². The molecule has 0 bridgehead atoms. The number of carbonyl (C=O) groups is 1. The van der Waals surface area contributed by atoms with Gasteiger partial charge in [-0.05, 0) is 6.92 Å². The van der Waals surface area contributed by atoms with Crippen molar-refractivity contribution in [1.82, 2.24) is 0 Å². The SMILES string of the molecule is CC(=O)C(O)S(=O)O. The van der Waals surface area contributed by atoms with Gasteiger partial charge in [-0.3, -0.25) is 4.79 Å². The van der Waals surface area contributed by atoms with E-state index in [1.54, 1.807) is 0 Å². The molecule has 0 radical (unpaired) electrons. The van der Waals surface area contributed by atoms with Crippen LogP contribution in [0.2, 0.25) is 0 Å². The maximum Gasteiger partial charge on any atom is 0.213 e. The van der Waals surface area contributed by atoms with Crippen LogP contribution in [0.25, 0.3) is 0 Å². The molecular formula is C3H6O4S. The largest absolute Gasteiger partial charge is 0.371 e. The van der Waals surface area contributed by atoms with Crippen LogP contribution in [0.15, 0.2) is 0 Å². The van der Waals surface area contributed by atoms with E-state index in [0.717, 1.165) is 6.92 Å². The Hall–Kier alpha value is -0.260. The zero-order valence-electron chi connectivity index (χ0n) is 4.20. The summed E-state index contributed by atoms with van der Waals surface area (Å²) in [7, 11) is 0. The number of rotatable bonds is 2. The maximum atomic E-state index is 9.98. The minimum absolute atomic E-state index is 0.703. The molecule has 0 fully saturated rings. The number of Topliss-reactive ketones (excluding diaryl/α,β-unsaturated/α-hetero) is 1. The Balaban J connectivity index is 3.83. The fourth-order valence-corrected chi connectivity index (χ4v) is 0.426. The summed E-state index contributed by atoms with van der Waals surface area (Å²) < 4.78 is 17.8. The van der Waals surface area contributed by atoms with Crippen molar-refractivity contribution in [2.75, 3.05) is 0 Å². The van der Waals surface area contributed by atoms with Crippen LogP contribution in [0.5, 0.6) is 0 Å². The standard InChI is InChI=1S/C3H6O4S/c1-2(4)3(5)8(6)7/h3,5H,1H3,(H,6,7). The molecular weight excluding hydrogens is 132 g/mol. The summed E-state index contributed by atoms with van der Waals surface area (Å²) in [6.45, 7) is 1.04. The van der Waals surface area contributed by atoms with Crippen molar-refractivity contribution in [3.8, 4) is 0 Å². The van der Waals surface area contributed by atoms with E-state index in [2.05, 4.69) is 0 Å². The Morgan fingerprint density at radius 1 is 1.75 bits per heavy atom. The van der Waals surface area contributed by atoms with Gasteiger partial charge in [0.25, 0.3) is 0 Å². The molecule has 0 heterocycles. The van der Waals surface area contributed by atoms with Gasteiger partial charge in [0.05, 0.1) is 0 Å². The van der Waals surface area contributed by atoms with E-state index in [1.807, 2.05) is 0 Å². The molecule has 2 unspecified atom stereocenters. The number of hydrogen-bond acceptors (Lipinski definition) is 3. The number of aliphatic hydroxyl groups excluding tert-OH is 1. The van der Waals surface area contributed by atoms with Crippen LogP contribution in [0.4, 0.5) is 0 Å². The second kappa shape index (κ2) is 2.91. The molecule has 2 atom stereocenters. The maximum absolute atomic E-state index is 9.98. The lowest BCUT2D eigenvalue weighted by Gasteiger charge is -1.96. The Morgan fingerprint density at radius 3 is 2.12 bits per heavy atom. The highest BCUT2D eigenvalue weighted by Gasteiger charge is 2.14. The quantitative estimate of drug-likeness (QED) is 0.486. The minimum Gasteiger partial charge on any atom is -0.371 e. The molecule has 0 saturated carbocycles. The van der Waals surface area contributed by atoms with Gasteiger partial charge in [-0.15, -0.1) is 0 Å². The number of carbonyl (C=O) groups excluding carboxylic acids is 1. The van der Waals surface area contributed by atoms with E-state index in [1.165, 1.54) is 0 Å². The van der Waals surface area contributed by atoms with Crippen LogP contribution in [0.1, 0.15) is 6.92 Å². The summed E-state index contributed by atoms with van der Waals surface area (Å²) >= 11 is -2.43. The van der Waals surface area contributed by atoms with Crippen LogP contribution in [0, 0.1) is 0 Å². The van der Waals surface area contributed by atoms with Gasteiger partial charge in [0, 0.05) is 0 Å². The lowest BCUT2D eigenvalue weighted by molar-refractivity contribution is -0.121. The molecule has 0 aromatic heterocycles. The van der Waals surface area contributed by atoms with Gasteiger partial charge in [0.15, 0.2) is 16.9 Å². The van der Waals surface area contributed by atoms with E-state index < -0.39 is 22.3 Å². The molecule has 0 aromatic carbocycles. The molecule has 0 spiro atoms. The Labute approximate surface area is 48.8 Å². The third kappa shape index (κ3) is 2.15. The first-order valence-electron chi connectivity index (χ1n) is 1.84. The van der Waals surface area contributed by atoms with Crippen LogP contribution in [-0.4, -0.2) is 25.1 Å². The molecule has 0 rings (SSSR count). The zero-order valence-corrected chi connectivity index (χ0v) is 5.01. The van der Waals surface area contributed by atoms with Gasteiger partial charge in [-0.25, -0.2) is 4.21 Å². The summed E-state index contributed by atoms with van der Waals surface area (Å²) in [4.78, 5) is 9.98. The van der Waals surface area contributed by atoms with Gasteiger partial charge < -0.3 is 9.66 Å². The van der Waals surface area contributed by atoms with Gasteiger partial charge >= 0.3 is 0 Å². The van der Waals surface area contributed by atoms with E-state index in [0.29, 0.717) is 0 Å². The second-order valence-corrected chi connectivity index (χ2v) is 2.24. The first-order chi connectivity index (χ1) is 3.55. The van der Waals surface area contributed by atoms with Crippen molar-refractivity contribution >= 4 is 16.9 Å². The lowest BCUT2D eigenvalue weighted by Crippen LogP contribution is -2.21. The topological polar surface area (TPSA) is 74.6 Å². The highest BCUT2D eigenvalue weighted by atomic mass is 32.2. The van der Waals surface area contributed by atoms with Gasteiger partial charge in [0.1, 0.15) is 0 Å². The number of ketones is 1. The molecule has 0 saturated heterocycles. The summed E-state index contributed by atoms with van der Waals surface area (Å²) in [5.41, 5.74) is -1.74. The average molecular weight is 138 g/mol. The predicted octanol–water partition coefficient (Wildman–Crippen LogP) is -0.885. The van der Waals surface area contributed by atoms with Crippen LogP contribution in [-0.2, 0) is 15.9 Å². The smallest absolute Gasteiger partial charge is 0.213 e. The van der Waals surface area contributed by atoms with Crippen LogP contribution >= 0.6 is 0 Å². The van der Waals surface area contributed by atoms with Crippen molar-refractivity contribution in [2.45, 2.75) is 12.4 Å². The Morgan fingerprint density at radius 2 is 2.12 bits per heavy atom. The molecule has 0 aliphatic carbocycles. The van der Waals surface area contributed by atoms with Gasteiger partial charge in [-0.1, -0.05) is 0 Å². The third-order valence-corrected chi connectivity index (χ3v) is 1.25. The normalized spacial score (nSPS) is 17.4. The minimum atomic E-state index is -2.43. The van der Waals surface area contributed by atoms with Crippen molar-refractivity contribution in [2.24, 2.45) is 0 Å². The zero-order chi connectivity index (χ0) is 6.73.